The third-order valence-electron chi connectivity index (χ3n) is 14.8. The fourth-order valence-corrected chi connectivity index (χ4v) is 11.4. The molecule has 2 aromatic heterocycles. The second kappa shape index (κ2) is 16.0. The molecule has 0 aliphatic heterocycles. The van der Waals surface area contributed by atoms with Gasteiger partial charge in [-0.3, -0.25) is 0 Å². The number of hydrogen-bond acceptors (Lipinski definition) is 4. The third kappa shape index (κ3) is 6.45. The fourth-order valence-electron chi connectivity index (χ4n) is 11.4. The summed E-state index contributed by atoms with van der Waals surface area (Å²) >= 11 is 0. The van der Waals surface area contributed by atoms with Crippen molar-refractivity contribution in [3.05, 3.63) is 254 Å². The normalized spacial score (nSPS) is 12.8. The molecule has 0 fully saturated rings. The smallest absolute Gasteiger partial charge is 0.159 e. The molecule has 2 heterocycles. The first-order valence-corrected chi connectivity index (χ1v) is 24.4. The Bertz CT molecular complexity index is 4190. The Morgan fingerprint density at radius 3 is 1.25 bits per heavy atom. The lowest BCUT2D eigenvalue weighted by Crippen LogP contribution is -2.16. The van der Waals surface area contributed by atoms with Crippen molar-refractivity contribution >= 4 is 88.8 Å². The SMILES string of the molecule is CC1(C)c2cc(N(c3ccccc3)c3cccc4c3oc3c(-c5ccccc5)cccc34)ccc2-c2cc3ccc(N(c4ccccc4)c4cccc5c4oc4c(-c6ccccc6)cccc45)cc3cc21. The van der Waals surface area contributed by atoms with Crippen molar-refractivity contribution < 1.29 is 8.83 Å². The summed E-state index contributed by atoms with van der Waals surface area (Å²) in [5, 5.41) is 6.77. The summed E-state index contributed by atoms with van der Waals surface area (Å²) in [5.74, 6) is 0. The number of anilines is 6. The monoisotopic (exact) mass is 910 g/mol. The Morgan fingerprint density at radius 1 is 0.296 bits per heavy atom. The highest BCUT2D eigenvalue weighted by Gasteiger charge is 2.37. The molecule has 71 heavy (non-hydrogen) atoms. The van der Waals surface area contributed by atoms with E-state index >= 15 is 0 Å². The Kier molecular flexibility index (Phi) is 9.21. The van der Waals surface area contributed by atoms with Crippen LogP contribution >= 0.6 is 0 Å². The van der Waals surface area contributed by atoms with Gasteiger partial charge in [-0.05, 0) is 117 Å². The van der Waals surface area contributed by atoms with Crippen molar-refractivity contribution in [2.45, 2.75) is 19.3 Å². The van der Waals surface area contributed by atoms with E-state index in [-0.39, 0.29) is 5.41 Å². The van der Waals surface area contributed by atoms with Crippen LogP contribution in [0.15, 0.2) is 251 Å². The van der Waals surface area contributed by atoms with Gasteiger partial charge in [0, 0.05) is 60.8 Å². The van der Waals surface area contributed by atoms with Gasteiger partial charge in [0.2, 0.25) is 0 Å². The summed E-state index contributed by atoms with van der Waals surface area (Å²) in [6.45, 7) is 4.74. The first kappa shape index (κ1) is 40.9. The van der Waals surface area contributed by atoms with Gasteiger partial charge < -0.3 is 18.6 Å². The van der Waals surface area contributed by atoms with E-state index in [1.165, 1.54) is 33.0 Å². The van der Waals surface area contributed by atoms with Gasteiger partial charge >= 0.3 is 0 Å². The average Bonchev–Trinajstić information content (AvgIpc) is 4.08. The van der Waals surface area contributed by atoms with Crippen molar-refractivity contribution in [3.63, 3.8) is 0 Å². The zero-order chi connectivity index (χ0) is 47.2. The predicted molar refractivity (Wildman–Crippen MR) is 296 cm³/mol. The topological polar surface area (TPSA) is 32.8 Å². The summed E-state index contributed by atoms with van der Waals surface area (Å²) in [5.41, 5.74) is 19.0. The third-order valence-corrected chi connectivity index (χ3v) is 14.8. The van der Waals surface area contributed by atoms with Crippen molar-refractivity contribution in [1.29, 1.82) is 0 Å². The molecule has 0 radical (unpaired) electrons. The zero-order valence-corrected chi connectivity index (χ0v) is 39.3. The van der Waals surface area contributed by atoms with E-state index in [1.807, 2.05) is 0 Å². The molecule has 1 aliphatic carbocycles. The molecule has 0 amide bonds. The van der Waals surface area contributed by atoms with Gasteiger partial charge in [0.1, 0.15) is 11.2 Å². The molecule has 4 heteroatoms. The van der Waals surface area contributed by atoms with E-state index < -0.39 is 0 Å². The minimum atomic E-state index is -0.293. The zero-order valence-electron chi connectivity index (χ0n) is 39.3. The van der Waals surface area contributed by atoms with Crippen LogP contribution in [0.3, 0.4) is 0 Å². The maximum absolute atomic E-state index is 7.01. The molecule has 0 bridgehead atoms. The minimum Gasteiger partial charge on any atom is -0.453 e. The molecule has 0 saturated heterocycles. The molecular formula is C67H46N2O2. The van der Waals surface area contributed by atoms with Crippen LogP contribution in [0.2, 0.25) is 0 Å². The lowest BCUT2D eigenvalue weighted by atomic mass is 9.81. The number of hydrogen-bond donors (Lipinski definition) is 0. The van der Waals surface area contributed by atoms with E-state index in [1.54, 1.807) is 0 Å². The maximum Gasteiger partial charge on any atom is 0.159 e. The molecule has 4 nitrogen and oxygen atoms in total. The van der Waals surface area contributed by atoms with Crippen LogP contribution in [0.25, 0.3) is 88.0 Å². The Balaban J connectivity index is 0.887. The molecule has 336 valence electrons. The van der Waals surface area contributed by atoms with Crippen molar-refractivity contribution in [3.8, 4) is 33.4 Å². The molecule has 0 atom stereocenters. The molecule has 0 saturated carbocycles. The van der Waals surface area contributed by atoms with Crippen molar-refractivity contribution in [2.75, 3.05) is 9.80 Å². The van der Waals surface area contributed by atoms with Crippen LogP contribution in [-0.4, -0.2) is 0 Å². The molecule has 13 aromatic rings. The number of nitrogens with zero attached hydrogens (tertiary/aromatic N) is 2. The molecule has 14 rings (SSSR count). The molecule has 0 N–H and O–H groups in total. The molecule has 1 aliphatic rings. The van der Waals surface area contributed by atoms with Crippen LogP contribution in [0.5, 0.6) is 0 Å². The Morgan fingerprint density at radius 2 is 0.732 bits per heavy atom. The Hall–Kier alpha value is -9.12. The number of fused-ring (bicyclic) bond motifs is 10. The molecule has 0 unspecified atom stereocenters. The van der Waals surface area contributed by atoms with Gasteiger partial charge in [-0.2, -0.15) is 0 Å². The largest absolute Gasteiger partial charge is 0.453 e. The van der Waals surface area contributed by atoms with E-state index in [0.29, 0.717) is 0 Å². The van der Waals surface area contributed by atoms with Crippen LogP contribution in [0.4, 0.5) is 34.1 Å². The molecule has 11 aromatic carbocycles. The van der Waals surface area contributed by atoms with E-state index in [2.05, 4.69) is 266 Å². The quantitative estimate of drug-likeness (QED) is 0.152. The number of para-hydroxylation sites is 6. The highest BCUT2D eigenvalue weighted by molar-refractivity contribution is 6.15. The summed E-state index contributed by atoms with van der Waals surface area (Å²) in [6, 6.07) is 87.0. The van der Waals surface area contributed by atoms with Gasteiger partial charge in [-0.1, -0.05) is 184 Å². The first-order valence-electron chi connectivity index (χ1n) is 24.4. The van der Waals surface area contributed by atoms with E-state index in [0.717, 1.165) is 100 Å². The summed E-state index contributed by atoms with van der Waals surface area (Å²) < 4.78 is 14.0. The summed E-state index contributed by atoms with van der Waals surface area (Å²) in [4.78, 5) is 4.70. The van der Waals surface area contributed by atoms with Crippen LogP contribution < -0.4 is 9.80 Å². The van der Waals surface area contributed by atoms with Gasteiger partial charge in [0.25, 0.3) is 0 Å². The van der Waals surface area contributed by atoms with Gasteiger partial charge in [0.05, 0.1) is 11.4 Å². The highest BCUT2D eigenvalue weighted by Crippen LogP contribution is 2.53. The Labute approximate surface area is 411 Å². The summed E-state index contributed by atoms with van der Waals surface area (Å²) in [6.07, 6.45) is 0. The van der Waals surface area contributed by atoms with Gasteiger partial charge in [0.15, 0.2) is 11.2 Å². The highest BCUT2D eigenvalue weighted by atomic mass is 16.3. The lowest BCUT2D eigenvalue weighted by molar-refractivity contribution is 0.661. The average molecular weight is 911 g/mol. The maximum atomic E-state index is 7.01. The number of furan rings is 2. The van der Waals surface area contributed by atoms with Crippen molar-refractivity contribution in [1.82, 2.24) is 0 Å². The van der Waals surface area contributed by atoms with Crippen LogP contribution in [-0.2, 0) is 5.41 Å². The van der Waals surface area contributed by atoms with Crippen LogP contribution in [0, 0.1) is 0 Å². The molecular weight excluding hydrogens is 865 g/mol. The number of rotatable bonds is 8. The van der Waals surface area contributed by atoms with Gasteiger partial charge in [-0.25, -0.2) is 0 Å². The minimum absolute atomic E-state index is 0.293. The number of benzene rings is 11. The fraction of sp³-hybridized carbons (Fsp3) is 0.0448. The standard InChI is InChI=1S/C67H46N2O2/c1-67(2)59-41-46-39-49(68(47-23-11-5-12-24-47)61-33-17-31-56-54-29-15-27-51(63(54)70-65(56)61)43-19-7-3-8-20-43)36-35-45(46)40-58(59)53-38-37-50(42-60(53)67)69(48-25-13-6-14-26-48)62-34-18-32-57-55-30-16-28-52(64(55)71-66(57)62)44-21-9-4-10-22-44/h3-42H,1-2H3. The van der Waals surface area contributed by atoms with Crippen LogP contribution in [0.1, 0.15) is 25.0 Å². The van der Waals surface area contributed by atoms with E-state index in [4.69, 9.17) is 8.83 Å². The van der Waals surface area contributed by atoms with Gasteiger partial charge in [-0.15, -0.1) is 0 Å². The second-order valence-corrected chi connectivity index (χ2v) is 19.2. The predicted octanol–water partition coefficient (Wildman–Crippen LogP) is 19.2. The molecule has 0 spiro atoms. The second-order valence-electron chi connectivity index (χ2n) is 19.2. The van der Waals surface area contributed by atoms with Crippen molar-refractivity contribution in [2.24, 2.45) is 0 Å². The first-order chi connectivity index (χ1) is 35.0. The summed E-state index contributed by atoms with van der Waals surface area (Å²) in [7, 11) is 0. The van der Waals surface area contributed by atoms with E-state index in [9.17, 15) is 0 Å². The lowest BCUT2D eigenvalue weighted by Gasteiger charge is -2.28.